The van der Waals surface area contributed by atoms with E-state index in [1.165, 1.54) is 0 Å². The number of hydrogen-bond acceptors (Lipinski definition) is 0. The number of alkyl halides is 3. The van der Waals surface area contributed by atoms with Crippen LogP contribution in [0, 0.1) is 11.8 Å². The first-order valence-electron chi connectivity index (χ1n) is 5.40. The fourth-order valence-electron chi connectivity index (χ4n) is 1.43. The summed E-state index contributed by atoms with van der Waals surface area (Å²) < 4.78 is 35.8. The van der Waals surface area contributed by atoms with E-state index in [1.807, 2.05) is 0 Å². The molecule has 3 heteroatoms. The molecule has 0 spiro atoms. The van der Waals surface area contributed by atoms with Gasteiger partial charge in [-0.3, -0.25) is 0 Å². The zero-order valence-corrected chi connectivity index (χ0v) is 9.32. The van der Waals surface area contributed by atoms with Crippen molar-refractivity contribution in [1.82, 2.24) is 0 Å². The Kier molecular flexibility index (Phi) is 6.21. The maximum absolute atomic E-state index is 11.9. The lowest BCUT2D eigenvalue weighted by Gasteiger charge is -2.23. The molecule has 1 fully saturated rings. The third-order valence-electron chi connectivity index (χ3n) is 2.07. The van der Waals surface area contributed by atoms with Crippen molar-refractivity contribution in [2.75, 3.05) is 0 Å². The Morgan fingerprint density at radius 3 is 1.50 bits per heavy atom. The Balaban J connectivity index is 0.000000364. The van der Waals surface area contributed by atoms with Crippen LogP contribution in [0.5, 0.6) is 0 Å². The molecular formula is C11H21F3. The Hall–Kier alpha value is -0.210. The van der Waals surface area contributed by atoms with Crippen molar-refractivity contribution in [3.63, 3.8) is 0 Å². The summed E-state index contributed by atoms with van der Waals surface area (Å²) in [6.45, 7) is 6.50. The van der Waals surface area contributed by atoms with Crippen LogP contribution in [-0.2, 0) is 0 Å². The molecule has 0 saturated heterocycles. The van der Waals surface area contributed by atoms with Gasteiger partial charge in [0, 0.05) is 0 Å². The van der Waals surface area contributed by atoms with Crippen molar-refractivity contribution < 1.29 is 13.2 Å². The van der Waals surface area contributed by atoms with E-state index in [9.17, 15) is 13.2 Å². The van der Waals surface area contributed by atoms with Crippen LogP contribution >= 0.6 is 0 Å². The van der Waals surface area contributed by atoms with Crippen molar-refractivity contribution in [1.29, 1.82) is 0 Å². The summed E-state index contributed by atoms with van der Waals surface area (Å²) >= 11 is 0. The highest BCUT2D eigenvalue weighted by molar-refractivity contribution is 4.71. The fourth-order valence-corrected chi connectivity index (χ4v) is 1.43. The van der Waals surface area contributed by atoms with E-state index < -0.39 is 12.1 Å². The van der Waals surface area contributed by atoms with E-state index in [-0.39, 0.29) is 0 Å². The topological polar surface area (TPSA) is 0 Å². The predicted octanol–water partition coefficient (Wildman–Crippen LogP) is 4.79. The second-order valence-corrected chi connectivity index (χ2v) is 4.61. The van der Waals surface area contributed by atoms with Crippen LogP contribution in [0.2, 0.25) is 0 Å². The van der Waals surface area contributed by atoms with Crippen molar-refractivity contribution in [2.24, 2.45) is 11.8 Å². The SMILES string of the molecule is CC(C)C.FC(F)(F)C1CCCCC1. The zero-order valence-electron chi connectivity index (χ0n) is 9.32. The predicted molar refractivity (Wildman–Crippen MR) is 53.1 cm³/mol. The molecule has 14 heavy (non-hydrogen) atoms. The number of rotatable bonds is 0. The fraction of sp³-hybridized carbons (Fsp3) is 1.00. The molecule has 1 rings (SSSR count). The molecule has 0 N–H and O–H groups in total. The van der Waals surface area contributed by atoms with Crippen molar-refractivity contribution in [2.45, 2.75) is 59.1 Å². The molecule has 1 saturated carbocycles. The summed E-state index contributed by atoms with van der Waals surface area (Å²) in [4.78, 5) is 0. The molecule has 86 valence electrons. The number of hydrogen-bond donors (Lipinski definition) is 0. The largest absolute Gasteiger partial charge is 0.391 e. The van der Waals surface area contributed by atoms with Crippen LogP contribution in [0.4, 0.5) is 13.2 Å². The molecule has 0 aromatic carbocycles. The van der Waals surface area contributed by atoms with Gasteiger partial charge in [-0.2, -0.15) is 13.2 Å². The van der Waals surface area contributed by atoms with Gasteiger partial charge in [-0.05, 0) is 18.8 Å². The highest BCUT2D eigenvalue weighted by atomic mass is 19.4. The summed E-state index contributed by atoms with van der Waals surface area (Å²) in [6, 6.07) is 0. The van der Waals surface area contributed by atoms with Crippen LogP contribution in [0.1, 0.15) is 52.9 Å². The monoisotopic (exact) mass is 210 g/mol. The molecule has 0 amide bonds. The normalized spacial score (nSPS) is 19.1. The Bertz CT molecular complexity index is 129. The maximum atomic E-state index is 11.9. The van der Waals surface area contributed by atoms with E-state index >= 15 is 0 Å². The smallest absolute Gasteiger partial charge is 0.171 e. The van der Waals surface area contributed by atoms with Crippen LogP contribution in [0.3, 0.4) is 0 Å². The first-order chi connectivity index (χ1) is 6.34. The van der Waals surface area contributed by atoms with Gasteiger partial charge in [0.2, 0.25) is 0 Å². The highest BCUT2D eigenvalue weighted by Gasteiger charge is 2.39. The second kappa shape index (κ2) is 6.31. The highest BCUT2D eigenvalue weighted by Crippen LogP contribution is 2.37. The van der Waals surface area contributed by atoms with Crippen LogP contribution < -0.4 is 0 Å². The van der Waals surface area contributed by atoms with Gasteiger partial charge in [0.1, 0.15) is 0 Å². The average molecular weight is 210 g/mol. The van der Waals surface area contributed by atoms with Gasteiger partial charge in [-0.15, -0.1) is 0 Å². The summed E-state index contributed by atoms with van der Waals surface area (Å²) in [5.74, 6) is -0.166. The lowest BCUT2D eigenvalue weighted by atomic mass is 9.89. The van der Waals surface area contributed by atoms with E-state index in [0.29, 0.717) is 12.8 Å². The molecule has 0 radical (unpaired) electrons. The van der Waals surface area contributed by atoms with E-state index in [4.69, 9.17) is 0 Å². The summed E-state index contributed by atoms with van der Waals surface area (Å²) in [6.07, 6.45) is -0.742. The summed E-state index contributed by atoms with van der Waals surface area (Å²) in [5, 5.41) is 0. The summed E-state index contributed by atoms with van der Waals surface area (Å²) in [5.41, 5.74) is 0. The molecule has 0 nitrogen and oxygen atoms in total. The lowest BCUT2D eigenvalue weighted by molar-refractivity contribution is -0.181. The average Bonchev–Trinajstić information content (AvgIpc) is 2.03. The van der Waals surface area contributed by atoms with E-state index in [0.717, 1.165) is 25.2 Å². The minimum Gasteiger partial charge on any atom is -0.171 e. The minimum absolute atomic E-state index is 0.351. The number of halogens is 3. The third kappa shape index (κ3) is 7.22. The lowest BCUT2D eigenvalue weighted by Crippen LogP contribution is -2.24. The van der Waals surface area contributed by atoms with Gasteiger partial charge in [-0.25, -0.2) is 0 Å². The first-order valence-corrected chi connectivity index (χ1v) is 5.40. The molecule has 1 aliphatic carbocycles. The summed E-state index contributed by atoms with van der Waals surface area (Å²) in [7, 11) is 0. The van der Waals surface area contributed by atoms with Crippen LogP contribution in [0.25, 0.3) is 0 Å². The van der Waals surface area contributed by atoms with Crippen LogP contribution in [-0.4, -0.2) is 6.18 Å². The standard InChI is InChI=1S/C7H11F3.C4H10/c8-7(9,10)6-4-2-1-3-5-6;1-4(2)3/h6H,1-5H2;4H,1-3H3. The van der Waals surface area contributed by atoms with Crippen LogP contribution in [0.15, 0.2) is 0 Å². The van der Waals surface area contributed by atoms with E-state index in [1.54, 1.807) is 0 Å². The van der Waals surface area contributed by atoms with Gasteiger partial charge in [0.05, 0.1) is 5.92 Å². The molecule has 0 bridgehead atoms. The van der Waals surface area contributed by atoms with Gasteiger partial charge >= 0.3 is 6.18 Å². The third-order valence-corrected chi connectivity index (χ3v) is 2.07. The molecule has 0 aliphatic heterocycles. The molecule has 0 heterocycles. The molecule has 1 aliphatic rings. The Labute approximate surface area is 84.9 Å². The zero-order chi connectivity index (χ0) is 11.2. The van der Waals surface area contributed by atoms with Crippen molar-refractivity contribution in [3.8, 4) is 0 Å². The second-order valence-electron chi connectivity index (χ2n) is 4.61. The molecule has 0 unspecified atom stereocenters. The Morgan fingerprint density at radius 1 is 0.929 bits per heavy atom. The maximum Gasteiger partial charge on any atom is 0.391 e. The van der Waals surface area contributed by atoms with Gasteiger partial charge in [0.15, 0.2) is 0 Å². The van der Waals surface area contributed by atoms with Gasteiger partial charge in [0.25, 0.3) is 0 Å². The van der Waals surface area contributed by atoms with E-state index in [2.05, 4.69) is 20.8 Å². The van der Waals surface area contributed by atoms with Gasteiger partial charge < -0.3 is 0 Å². The molecule has 0 aromatic heterocycles. The quantitative estimate of drug-likeness (QED) is 0.539. The molecule has 0 aromatic rings. The first kappa shape index (κ1) is 13.8. The molecular weight excluding hydrogens is 189 g/mol. The Morgan fingerprint density at radius 2 is 1.29 bits per heavy atom. The molecule has 0 atom stereocenters. The minimum atomic E-state index is -3.93. The van der Waals surface area contributed by atoms with Crippen molar-refractivity contribution in [3.05, 3.63) is 0 Å². The van der Waals surface area contributed by atoms with Crippen molar-refractivity contribution >= 4 is 0 Å². The van der Waals surface area contributed by atoms with Gasteiger partial charge in [-0.1, -0.05) is 40.0 Å².